The lowest BCUT2D eigenvalue weighted by Crippen LogP contribution is -2.51. The van der Waals surface area contributed by atoms with Gasteiger partial charge in [-0.15, -0.1) is 0 Å². The second-order valence-electron chi connectivity index (χ2n) is 7.79. The van der Waals surface area contributed by atoms with Crippen molar-refractivity contribution in [3.8, 4) is 5.75 Å². The Labute approximate surface area is 144 Å². The Morgan fingerprint density at radius 3 is 2.38 bits per heavy atom. The predicted molar refractivity (Wildman–Crippen MR) is 94.5 cm³/mol. The number of anilines is 1. The number of para-hydroxylation sites is 2. The van der Waals surface area contributed by atoms with Gasteiger partial charge in [0.05, 0.1) is 12.8 Å². The first-order valence-corrected chi connectivity index (χ1v) is 8.78. The predicted octanol–water partition coefficient (Wildman–Crippen LogP) is 4.04. The van der Waals surface area contributed by atoms with E-state index in [0.717, 1.165) is 37.1 Å². The van der Waals surface area contributed by atoms with E-state index in [1.54, 1.807) is 7.11 Å². The molecule has 2 saturated heterocycles. The number of fused-ring (bicyclic) bond motifs is 2. The van der Waals surface area contributed by atoms with Crippen molar-refractivity contribution in [1.82, 2.24) is 4.90 Å². The maximum Gasteiger partial charge on any atom is 0.410 e. The molecule has 0 radical (unpaired) electrons. The fraction of sp³-hybridized carbons (Fsp3) is 0.632. The number of piperidine rings is 1. The van der Waals surface area contributed by atoms with Crippen molar-refractivity contribution < 1.29 is 14.3 Å². The molecule has 1 aromatic carbocycles. The summed E-state index contributed by atoms with van der Waals surface area (Å²) in [5, 5.41) is 3.61. The van der Waals surface area contributed by atoms with Gasteiger partial charge in [-0.1, -0.05) is 12.1 Å². The van der Waals surface area contributed by atoms with Crippen molar-refractivity contribution >= 4 is 11.8 Å². The molecule has 0 spiro atoms. The average Bonchev–Trinajstić information content (AvgIpc) is 2.78. The highest BCUT2D eigenvalue weighted by atomic mass is 16.6. The number of methoxy groups -OCH3 is 1. The number of hydrogen-bond acceptors (Lipinski definition) is 4. The molecule has 0 saturated carbocycles. The number of carbonyl (C=O) groups is 1. The minimum absolute atomic E-state index is 0.161. The molecule has 5 nitrogen and oxygen atoms in total. The van der Waals surface area contributed by atoms with Crippen LogP contribution in [0.3, 0.4) is 0 Å². The number of rotatable bonds is 3. The highest BCUT2D eigenvalue weighted by molar-refractivity contribution is 5.70. The van der Waals surface area contributed by atoms with Gasteiger partial charge in [-0.2, -0.15) is 0 Å². The topological polar surface area (TPSA) is 50.8 Å². The monoisotopic (exact) mass is 332 g/mol. The van der Waals surface area contributed by atoms with Gasteiger partial charge in [-0.25, -0.2) is 4.79 Å². The average molecular weight is 332 g/mol. The van der Waals surface area contributed by atoms with E-state index in [-0.39, 0.29) is 18.2 Å². The Morgan fingerprint density at radius 1 is 1.17 bits per heavy atom. The van der Waals surface area contributed by atoms with Crippen molar-refractivity contribution in [2.75, 3.05) is 12.4 Å². The highest BCUT2D eigenvalue weighted by Crippen LogP contribution is 2.38. The molecule has 2 aliphatic heterocycles. The molecular weight excluding hydrogens is 304 g/mol. The molecule has 2 unspecified atom stereocenters. The molecule has 0 aliphatic carbocycles. The lowest BCUT2D eigenvalue weighted by molar-refractivity contribution is 0.00683. The summed E-state index contributed by atoms with van der Waals surface area (Å²) in [7, 11) is 1.69. The van der Waals surface area contributed by atoms with E-state index >= 15 is 0 Å². The lowest BCUT2D eigenvalue weighted by Gasteiger charge is -2.40. The zero-order valence-electron chi connectivity index (χ0n) is 15.0. The zero-order chi connectivity index (χ0) is 17.3. The zero-order valence-corrected chi connectivity index (χ0v) is 15.0. The Hall–Kier alpha value is -1.91. The highest BCUT2D eigenvalue weighted by Gasteiger charge is 2.44. The molecule has 1 amide bonds. The van der Waals surface area contributed by atoms with Crippen molar-refractivity contribution in [3.05, 3.63) is 24.3 Å². The SMILES string of the molecule is COc1ccccc1NC1CC2CCC(C1)N2C(=O)OC(C)(C)C. The van der Waals surface area contributed by atoms with Crippen molar-refractivity contribution in [2.45, 2.75) is 70.2 Å². The van der Waals surface area contributed by atoms with Gasteiger partial charge in [0.2, 0.25) is 0 Å². The van der Waals surface area contributed by atoms with Crippen molar-refractivity contribution in [1.29, 1.82) is 0 Å². The fourth-order valence-corrected chi connectivity index (χ4v) is 3.89. The van der Waals surface area contributed by atoms with Crippen molar-refractivity contribution in [2.24, 2.45) is 0 Å². The van der Waals surface area contributed by atoms with E-state index in [1.165, 1.54) is 0 Å². The molecule has 2 atom stereocenters. The number of benzene rings is 1. The second kappa shape index (κ2) is 6.54. The van der Waals surface area contributed by atoms with Crippen LogP contribution in [0, 0.1) is 0 Å². The van der Waals surface area contributed by atoms with Crippen LogP contribution in [0.25, 0.3) is 0 Å². The van der Waals surface area contributed by atoms with Crippen LogP contribution in [0.1, 0.15) is 46.5 Å². The maximum atomic E-state index is 12.5. The second-order valence-corrected chi connectivity index (χ2v) is 7.79. The smallest absolute Gasteiger partial charge is 0.410 e. The molecule has 1 N–H and O–H groups in total. The number of ether oxygens (including phenoxy) is 2. The summed E-state index contributed by atoms with van der Waals surface area (Å²) in [6.07, 6.45) is 3.87. The largest absolute Gasteiger partial charge is 0.495 e. The van der Waals surface area contributed by atoms with Crippen LogP contribution >= 0.6 is 0 Å². The van der Waals surface area contributed by atoms with Crippen LogP contribution in [-0.2, 0) is 4.74 Å². The number of hydrogen-bond donors (Lipinski definition) is 1. The van der Waals surface area contributed by atoms with Gasteiger partial charge in [0.15, 0.2) is 0 Å². The van der Waals surface area contributed by atoms with Gasteiger partial charge in [0, 0.05) is 18.1 Å². The molecule has 2 aliphatic rings. The molecule has 3 rings (SSSR count). The molecule has 0 aromatic heterocycles. The number of nitrogens with zero attached hydrogens (tertiary/aromatic N) is 1. The molecule has 2 fully saturated rings. The summed E-state index contributed by atoms with van der Waals surface area (Å²) >= 11 is 0. The molecule has 132 valence electrons. The van der Waals surface area contributed by atoms with Gasteiger partial charge in [-0.05, 0) is 58.6 Å². The number of amides is 1. The first-order chi connectivity index (χ1) is 11.4. The van der Waals surface area contributed by atoms with Crippen LogP contribution < -0.4 is 10.1 Å². The van der Waals surface area contributed by atoms with E-state index in [9.17, 15) is 4.79 Å². The first kappa shape index (κ1) is 16.9. The molecular formula is C19H28N2O3. The van der Waals surface area contributed by atoms with E-state index in [2.05, 4.69) is 5.32 Å². The Balaban J connectivity index is 1.66. The summed E-state index contributed by atoms with van der Waals surface area (Å²) in [6.45, 7) is 5.76. The summed E-state index contributed by atoms with van der Waals surface area (Å²) in [6, 6.07) is 8.89. The minimum atomic E-state index is -0.441. The number of nitrogens with one attached hydrogen (secondary N) is 1. The Bertz CT molecular complexity index is 583. The molecule has 2 heterocycles. The third kappa shape index (κ3) is 3.60. The minimum Gasteiger partial charge on any atom is -0.495 e. The summed E-state index contributed by atoms with van der Waals surface area (Å²) < 4.78 is 11.0. The summed E-state index contributed by atoms with van der Waals surface area (Å²) in [5.74, 6) is 0.861. The van der Waals surface area contributed by atoms with E-state index in [0.29, 0.717) is 6.04 Å². The Kier molecular flexibility index (Phi) is 4.61. The molecule has 1 aromatic rings. The van der Waals surface area contributed by atoms with Crippen LogP contribution in [0.15, 0.2) is 24.3 Å². The Morgan fingerprint density at radius 2 is 1.79 bits per heavy atom. The lowest BCUT2D eigenvalue weighted by atomic mass is 9.97. The maximum absolute atomic E-state index is 12.5. The fourth-order valence-electron chi connectivity index (χ4n) is 3.89. The van der Waals surface area contributed by atoms with Gasteiger partial charge in [-0.3, -0.25) is 0 Å². The summed E-state index contributed by atoms with van der Waals surface area (Å²) in [4.78, 5) is 14.5. The molecule has 2 bridgehead atoms. The van der Waals surface area contributed by atoms with Crippen LogP contribution in [0.2, 0.25) is 0 Å². The van der Waals surface area contributed by atoms with Gasteiger partial charge < -0.3 is 19.7 Å². The quantitative estimate of drug-likeness (QED) is 0.908. The number of carbonyl (C=O) groups excluding carboxylic acids is 1. The third-order valence-corrected chi connectivity index (χ3v) is 4.80. The van der Waals surface area contributed by atoms with E-state index in [1.807, 2.05) is 49.9 Å². The molecule has 24 heavy (non-hydrogen) atoms. The van der Waals surface area contributed by atoms with Crippen LogP contribution in [0.4, 0.5) is 10.5 Å². The summed E-state index contributed by atoms with van der Waals surface area (Å²) in [5.41, 5.74) is 0.582. The van der Waals surface area contributed by atoms with E-state index in [4.69, 9.17) is 9.47 Å². The third-order valence-electron chi connectivity index (χ3n) is 4.80. The van der Waals surface area contributed by atoms with Crippen LogP contribution in [0.5, 0.6) is 5.75 Å². The van der Waals surface area contributed by atoms with Gasteiger partial charge in [0.25, 0.3) is 0 Å². The van der Waals surface area contributed by atoms with Gasteiger partial charge in [0.1, 0.15) is 11.4 Å². The first-order valence-electron chi connectivity index (χ1n) is 8.78. The standard InChI is InChI=1S/C19H28N2O3/c1-19(2,3)24-18(22)21-14-9-10-15(21)12-13(11-14)20-16-7-5-6-8-17(16)23-4/h5-8,13-15,20H,9-12H2,1-4H3. The molecule has 5 heteroatoms. The van der Waals surface area contributed by atoms with Crippen LogP contribution in [-0.4, -0.2) is 41.8 Å². The van der Waals surface area contributed by atoms with E-state index < -0.39 is 5.60 Å². The van der Waals surface area contributed by atoms with Gasteiger partial charge >= 0.3 is 6.09 Å². The van der Waals surface area contributed by atoms with Crippen molar-refractivity contribution in [3.63, 3.8) is 0 Å². The normalized spacial score (nSPS) is 26.2.